The van der Waals surface area contributed by atoms with E-state index in [0.29, 0.717) is 6.61 Å². The van der Waals surface area contributed by atoms with Crippen LogP contribution in [0.2, 0.25) is 0 Å². The molecule has 0 aliphatic rings. The van der Waals surface area contributed by atoms with E-state index in [2.05, 4.69) is 6.92 Å². The summed E-state index contributed by atoms with van der Waals surface area (Å²) in [6.45, 7) is 6.48. The monoisotopic (exact) mass is 235 g/mol. The summed E-state index contributed by atoms with van der Waals surface area (Å²) in [5.74, 6) is 0.880. The smallest absolute Gasteiger partial charge is 0.0686 e. The molecule has 0 aromatic heterocycles. The summed E-state index contributed by atoms with van der Waals surface area (Å²) >= 11 is 0. The number of para-hydroxylation sites is 1. The van der Waals surface area contributed by atoms with Gasteiger partial charge in [0.05, 0.1) is 6.61 Å². The number of hydrogen-bond acceptors (Lipinski definition) is 1. The first-order chi connectivity index (χ1) is 4.84. The van der Waals surface area contributed by atoms with Gasteiger partial charge in [0.25, 0.3) is 0 Å². The molecule has 0 amide bonds. The first-order valence-electron chi connectivity index (χ1n) is 3.38. The van der Waals surface area contributed by atoms with Crippen LogP contribution in [0.4, 0.5) is 0 Å². The van der Waals surface area contributed by atoms with Crippen LogP contribution in [0.3, 0.4) is 0 Å². The van der Waals surface area contributed by atoms with Crippen molar-refractivity contribution in [3.63, 3.8) is 0 Å². The van der Waals surface area contributed by atoms with E-state index < -0.39 is 0 Å². The summed E-state index contributed by atoms with van der Waals surface area (Å²) < 4.78 is 5.27. The van der Waals surface area contributed by atoms with Crippen molar-refractivity contribution >= 4 is 12.4 Å². The van der Waals surface area contributed by atoms with Gasteiger partial charge >= 0.3 is 0 Å². The molecule has 0 fully saturated rings. The van der Waals surface area contributed by atoms with Crippen molar-refractivity contribution in [1.29, 1.82) is 0 Å². The molecule has 1 nitrogen and oxygen atoms in total. The zero-order chi connectivity index (χ0) is 7.40. The van der Waals surface area contributed by atoms with Crippen LogP contribution in [0.15, 0.2) is 24.3 Å². The summed E-state index contributed by atoms with van der Waals surface area (Å²) in [6.07, 6.45) is 0. The SMILES string of the molecule is Cl.[CH2-]c1ccccc1OCC.[Zn]. The molecule has 1 aromatic rings. The molecule has 1 aromatic carbocycles. The Kier molecular flexibility index (Phi) is 8.90. The van der Waals surface area contributed by atoms with E-state index >= 15 is 0 Å². The van der Waals surface area contributed by atoms with Crippen molar-refractivity contribution < 1.29 is 24.2 Å². The molecule has 0 saturated heterocycles. The predicted molar refractivity (Wildman–Crippen MR) is 49.3 cm³/mol. The second kappa shape index (κ2) is 7.45. The van der Waals surface area contributed by atoms with Crippen LogP contribution in [0, 0.1) is 6.92 Å². The van der Waals surface area contributed by atoms with E-state index in [1.807, 2.05) is 31.2 Å². The maximum atomic E-state index is 5.27. The summed E-state index contributed by atoms with van der Waals surface area (Å²) in [5, 5.41) is 0. The normalized spacial score (nSPS) is 7.75. The van der Waals surface area contributed by atoms with Gasteiger partial charge in [0, 0.05) is 25.2 Å². The molecule has 0 spiro atoms. The molecular weight excluding hydrogens is 225 g/mol. The topological polar surface area (TPSA) is 9.23 Å². The molecule has 0 unspecified atom stereocenters. The Labute approximate surface area is 92.7 Å². The van der Waals surface area contributed by atoms with Crippen molar-refractivity contribution in [1.82, 2.24) is 0 Å². The quantitative estimate of drug-likeness (QED) is 0.567. The minimum atomic E-state index is 0. The van der Waals surface area contributed by atoms with Crippen LogP contribution >= 0.6 is 12.4 Å². The minimum absolute atomic E-state index is 0. The predicted octanol–water partition coefficient (Wildman–Crippen LogP) is 2.69. The second-order valence-electron chi connectivity index (χ2n) is 2.04. The molecule has 0 heterocycles. The zero-order valence-electron chi connectivity index (χ0n) is 7.25. The molecule has 3 heteroatoms. The van der Waals surface area contributed by atoms with Crippen molar-refractivity contribution in [3.8, 4) is 5.75 Å². The fourth-order valence-corrected chi connectivity index (χ4v) is 0.800. The number of rotatable bonds is 2. The Morgan fingerprint density at radius 1 is 1.33 bits per heavy atom. The molecular formula is C9H12ClOZn-. The summed E-state index contributed by atoms with van der Waals surface area (Å²) in [7, 11) is 0. The summed E-state index contributed by atoms with van der Waals surface area (Å²) in [6, 6.07) is 7.75. The molecule has 0 atom stereocenters. The molecule has 12 heavy (non-hydrogen) atoms. The van der Waals surface area contributed by atoms with Gasteiger partial charge in [-0.3, -0.25) is 0 Å². The second-order valence-corrected chi connectivity index (χ2v) is 2.04. The van der Waals surface area contributed by atoms with E-state index in [1.165, 1.54) is 0 Å². The summed E-state index contributed by atoms with van der Waals surface area (Å²) in [4.78, 5) is 0. The Morgan fingerprint density at radius 3 is 2.42 bits per heavy atom. The van der Waals surface area contributed by atoms with Gasteiger partial charge in [0.2, 0.25) is 0 Å². The maximum absolute atomic E-state index is 5.27. The first-order valence-corrected chi connectivity index (χ1v) is 3.38. The third-order valence-electron chi connectivity index (χ3n) is 1.27. The van der Waals surface area contributed by atoms with Crippen LogP contribution in [0.25, 0.3) is 0 Å². The van der Waals surface area contributed by atoms with Gasteiger partial charge in [-0.05, 0) is 6.92 Å². The van der Waals surface area contributed by atoms with Crippen LogP contribution in [-0.4, -0.2) is 6.61 Å². The first kappa shape index (κ1) is 14.3. The van der Waals surface area contributed by atoms with Crippen molar-refractivity contribution in [2.75, 3.05) is 6.61 Å². The van der Waals surface area contributed by atoms with Gasteiger partial charge < -0.3 is 4.74 Å². The van der Waals surface area contributed by atoms with Gasteiger partial charge in [-0.15, -0.1) is 18.5 Å². The van der Waals surface area contributed by atoms with Crippen molar-refractivity contribution in [2.45, 2.75) is 6.92 Å². The molecule has 0 N–H and O–H groups in total. The third kappa shape index (κ3) is 3.99. The number of hydrogen-bond donors (Lipinski definition) is 0. The molecule has 0 aliphatic carbocycles. The van der Waals surface area contributed by atoms with Gasteiger partial charge in [-0.1, -0.05) is 12.1 Å². The van der Waals surface area contributed by atoms with Gasteiger partial charge in [-0.25, -0.2) is 0 Å². The Morgan fingerprint density at radius 2 is 1.92 bits per heavy atom. The molecule has 0 radical (unpaired) electrons. The Bertz CT molecular complexity index is 215. The Balaban J connectivity index is 0. The van der Waals surface area contributed by atoms with Crippen LogP contribution in [-0.2, 0) is 19.5 Å². The maximum Gasteiger partial charge on any atom is 0.0686 e. The van der Waals surface area contributed by atoms with Gasteiger partial charge in [-0.2, -0.15) is 18.6 Å². The molecule has 1 rings (SSSR count). The average Bonchev–Trinajstić information content (AvgIpc) is 1.94. The third-order valence-corrected chi connectivity index (χ3v) is 1.27. The zero-order valence-corrected chi connectivity index (χ0v) is 11.0. The van der Waals surface area contributed by atoms with E-state index in [4.69, 9.17) is 4.74 Å². The van der Waals surface area contributed by atoms with E-state index in [9.17, 15) is 0 Å². The van der Waals surface area contributed by atoms with Crippen molar-refractivity contribution in [2.24, 2.45) is 0 Å². The molecule has 64 valence electrons. The largest absolute Gasteiger partial charge is 0.551 e. The van der Waals surface area contributed by atoms with E-state index in [1.54, 1.807) is 0 Å². The van der Waals surface area contributed by atoms with Crippen LogP contribution < -0.4 is 4.74 Å². The standard InChI is InChI=1S/C9H11O.ClH.Zn/c1-3-10-9-7-5-4-6-8(9)2;;/h4-7H,2-3H2,1H3;1H;/q-1;;. The number of benzene rings is 1. The van der Waals surface area contributed by atoms with Crippen LogP contribution in [0.5, 0.6) is 5.75 Å². The Hall–Kier alpha value is -0.197. The van der Waals surface area contributed by atoms with Gasteiger partial charge in [0.1, 0.15) is 0 Å². The van der Waals surface area contributed by atoms with E-state index in [0.717, 1.165) is 11.3 Å². The van der Waals surface area contributed by atoms with E-state index in [-0.39, 0.29) is 31.9 Å². The van der Waals surface area contributed by atoms with Gasteiger partial charge in [0.15, 0.2) is 0 Å². The molecule has 0 bridgehead atoms. The average molecular weight is 237 g/mol. The fraction of sp³-hybridized carbons (Fsp3) is 0.222. The minimum Gasteiger partial charge on any atom is -0.551 e. The molecule has 0 saturated carbocycles. The number of ether oxygens (including phenoxy) is 1. The number of halogens is 1. The summed E-state index contributed by atoms with van der Waals surface area (Å²) in [5.41, 5.74) is 0.948. The molecule has 0 aliphatic heterocycles. The van der Waals surface area contributed by atoms with Crippen molar-refractivity contribution in [3.05, 3.63) is 36.8 Å². The fourth-order valence-electron chi connectivity index (χ4n) is 0.800. The van der Waals surface area contributed by atoms with Crippen LogP contribution in [0.1, 0.15) is 12.5 Å².